The molecule has 0 spiro atoms. The summed E-state index contributed by atoms with van der Waals surface area (Å²) in [7, 11) is 0. The van der Waals surface area contributed by atoms with Gasteiger partial charge in [0.15, 0.2) is 11.5 Å². The van der Waals surface area contributed by atoms with Crippen LogP contribution in [-0.2, 0) is 6.42 Å². The van der Waals surface area contributed by atoms with Crippen LogP contribution in [0.5, 0.6) is 0 Å². The van der Waals surface area contributed by atoms with Gasteiger partial charge in [0.25, 0.3) is 0 Å². The van der Waals surface area contributed by atoms with Crippen molar-refractivity contribution in [3.8, 4) is 0 Å². The van der Waals surface area contributed by atoms with Crippen LogP contribution in [0.3, 0.4) is 0 Å². The zero-order valence-electron chi connectivity index (χ0n) is 7.94. The van der Waals surface area contributed by atoms with Gasteiger partial charge in [-0.2, -0.15) is 0 Å². The summed E-state index contributed by atoms with van der Waals surface area (Å²) >= 11 is 0. The molecule has 0 aliphatic carbocycles. The third kappa shape index (κ3) is 1.93. The van der Waals surface area contributed by atoms with Crippen molar-refractivity contribution in [2.24, 2.45) is 0 Å². The maximum Gasteiger partial charge on any atom is 0.355 e. The monoisotopic (exact) mass is 194 g/mol. The van der Waals surface area contributed by atoms with Gasteiger partial charge in [0.05, 0.1) is 5.56 Å². The van der Waals surface area contributed by atoms with E-state index in [1.54, 1.807) is 0 Å². The van der Waals surface area contributed by atoms with Crippen LogP contribution in [0.15, 0.2) is 6.20 Å². The normalized spacial score (nSPS) is 9.86. The van der Waals surface area contributed by atoms with Gasteiger partial charge in [-0.1, -0.05) is 6.92 Å². The number of Topliss-reactive ketones (excluding diaryl/α,β-unsaturated/α-hetero) is 1. The lowest BCUT2D eigenvalue weighted by molar-refractivity contribution is 0.0685. The summed E-state index contributed by atoms with van der Waals surface area (Å²) in [5, 5.41) is 8.79. The van der Waals surface area contributed by atoms with E-state index < -0.39 is 5.97 Å². The van der Waals surface area contributed by atoms with E-state index in [-0.39, 0.29) is 17.0 Å². The van der Waals surface area contributed by atoms with E-state index in [4.69, 9.17) is 5.11 Å². The molecule has 0 aliphatic rings. The fourth-order valence-corrected chi connectivity index (χ4v) is 1.01. The Morgan fingerprint density at radius 3 is 2.57 bits per heavy atom. The fourth-order valence-electron chi connectivity index (χ4n) is 1.01. The molecular formula is C9H10N2O3. The van der Waals surface area contributed by atoms with Crippen LogP contribution in [0.2, 0.25) is 0 Å². The second-order valence-electron chi connectivity index (χ2n) is 2.76. The van der Waals surface area contributed by atoms with E-state index in [0.717, 1.165) is 0 Å². The number of aromatic carboxylic acids is 1. The number of ketones is 1. The molecule has 0 radical (unpaired) electrons. The molecule has 0 bridgehead atoms. The Balaban J connectivity index is 3.31. The van der Waals surface area contributed by atoms with Gasteiger partial charge in [-0.3, -0.25) is 4.79 Å². The Bertz CT molecular complexity index is 388. The Kier molecular flexibility index (Phi) is 2.91. The number of nitrogens with zero attached hydrogens (tertiary/aromatic N) is 2. The van der Waals surface area contributed by atoms with Gasteiger partial charge in [-0.15, -0.1) is 0 Å². The first-order valence-electron chi connectivity index (χ1n) is 4.16. The van der Waals surface area contributed by atoms with Crippen molar-refractivity contribution in [3.05, 3.63) is 23.3 Å². The number of hydrogen-bond acceptors (Lipinski definition) is 4. The third-order valence-electron chi connectivity index (χ3n) is 1.74. The molecule has 1 aromatic heterocycles. The van der Waals surface area contributed by atoms with Crippen LogP contribution in [0, 0.1) is 0 Å². The van der Waals surface area contributed by atoms with Crippen LogP contribution in [0.1, 0.15) is 40.5 Å². The molecule has 5 nitrogen and oxygen atoms in total. The summed E-state index contributed by atoms with van der Waals surface area (Å²) in [6.45, 7) is 3.10. The van der Waals surface area contributed by atoms with Gasteiger partial charge in [-0.25, -0.2) is 14.8 Å². The fraction of sp³-hybridized carbons (Fsp3) is 0.333. The van der Waals surface area contributed by atoms with Gasteiger partial charge >= 0.3 is 5.97 Å². The van der Waals surface area contributed by atoms with Crippen LogP contribution in [-0.4, -0.2) is 26.8 Å². The molecule has 1 N–H and O–H groups in total. The molecular weight excluding hydrogens is 184 g/mol. The molecule has 0 aromatic carbocycles. The van der Waals surface area contributed by atoms with Crippen LogP contribution >= 0.6 is 0 Å². The summed E-state index contributed by atoms with van der Waals surface area (Å²) in [5.74, 6) is -1.12. The summed E-state index contributed by atoms with van der Waals surface area (Å²) in [6, 6.07) is 0. The minimum Gasteiger partial charge on any atom is -0.476 e. The number of carbonyl (C=O) groups is 2. The molecule has 1 rings (SSSR count). The first-order chi connectivity index (χ1) is 6.56. The highest BCUT2D eigenvalue weighted by molar-refractivity contribution is 6.03. The molecule has 14 heavy (non-hydrogen) atoms. The Morgan fingerprint density at radius 1 is 1.50 bits per heavy atom. The van der Waals surface area contributed by atoms with Gasteiger partial charge in [-0.05, 0) is 6.92 Å². The lowest BCUT2D eigenvalue weighted by Gasteiger charge is -2.02. The van der Waals surface area contributed by atoms with E-state index in [9.17, 15) is 9.59 Å². The molecule has 0 fully saturated rings. The highest BCUT2D eigenvalue weighted by Gasteiger charge is 2.16. The highest BCUT2D eigenvalue weighted by Crippen LogP contribution is 2.06. The first kappa shape index (κ1) is 10.3. The van der Waals surface area contributed by atoms with E-state index in [2.05, 4.69) is 9.97 Å². The van der Waals surface area contributed by atoms with Gasteiger partial charge in [0.2, 0.25) is 0 Å². The van der Waals surface area contributed by atoms with E-state index in [1.165, 1.54) is 13.1 Å². The van der Waals surface area contributed by atoms with Crippen molar-refractivity contribution in [3.63, 3.8) is 0 Å². The predicted octanol–water partition coefficient (Wildman–Crippen LogP) is 0.940. The number of aromatic nitrogens is 2. The Labute approximate surface area is 80.8 Å². The third-order valence-corrected chi connectivity index (χ3v) is 1.74. The van der Waals surface area contributed by atoms with Crippen LogP contribution < -0.4 is 0 Å². The zero-order chi connectivity index (χ0) is 10.7. The molecule has 0 amide bonds. The number of carboxylic acids is 1. The first-order valence-corrected chi connectivity index (χ1v) is 4.16. The minimum absolute atomic E-state index is 0.0506. The molecule has 5 heteroatoms. The summed E-state index contributed by atoms with van der Waals surface area (Å²) in [4.78, 5) is 29.4. The van der Waals surface area contributed by atoms with Crippen LogP contribution in [0.4, 0.5) is 0 Å². The van der Waals surface area contributed by atoms with E-state index in [1.807, 2.05) is 6.92 Å². The average molecular weight is 194 g/mol. The number of rotatable bonds is 3. The van der Waals surface area contributed by atoms with Gasteiger partial charge in [0, 0.05) is 12.6 Å². The van der Waals surface area contributed by atoms with Crippen molar-refractivity contribution < 1.29 is 14.7 Å². The van der Waals surface area contributed by atoms with Crippen molar-refractivity contribution in [1.29, 1.82) is 0 Å². The molecule has 1 aromatic rings. The number of hydrogen-bond donors (Lipinski definition) is 1. The van der Waals surface area contributed by atoms with Crippen molar-refractivity contribution in [2.45, 2.75) is 20.3 Å². The lowest BCUT2D eigenvalue weighted by atomic mass is 10.1. The molecule has 0 atom stereocenters. The minimum atomic E-state index is -1.20. The quantitative estimate of drug-likeness (QED) is 0.724. The summed E-state index contributed by atoms with van der Waals surface area (Å²) in [5.41, 5.74) is -0.168. The number of carboxylic acid groups (broad SMARTS) is 1. The predicted molar refractivity (Wildman–Crippen MR) is 48.4 cm³/mol. The van der Waals surface area contributed by atoms with Crippen molar-refractivity contribution in [2.75, 3.05) is 0 Å². The number of aryl methyl sites for hydroxylation is 1. The molecule has 0 saturated carbocycles. The topological polar surface area (TPSA) is 80.2 Å². The maximum atomic E-state index is 11.0. The smallest absolute Gasteiger partial charge is 0.355 e. The van der Waals surface area contributed by atoms with Gasteiger partial charge < -0.3 is 5.11 Å². The molecule has 1 heterocycles. The summed E-state index contributed by atoms with van der Waals surface area (Å²) in [6.07, 6.45) is 1.80. The molecule has 0 unspecified atom stereocenters. The lowest BCUT2D eigenvalue weighted by Crippen LogP contribution is -2.12. The van der Waals surface area contributed by atoms with E-state index >= 15 is 0 Å². The van der Waals surface area contributed by atoms with Crippen molar-refractivity contribution >= 4 is 11.8 Å². The zero-order valence-corrected chi connectivity index (χ0v) is 7.94. The second-order valence-corrected chi connectivity index (χ2v) is 2.76. The second kappa shape index (κ2) is 3.95. The molecule has 0 aliphatic heterocycles. The molecule has 0 saturated heterocycles. The van der Waals surface area contributed by atoms with Crippen molar-refractivity contribution in [1.82, 2.24) is 9.97 Å². The molecule has 74 valence electrons. The van der Waals surface area contributed by atoms with E-state index in [0.29, 0.717) is 12.2 Å². The standard InChI is InChI=1S/C9H10N2O3/c1-3-7-10-4-6(5(2)12)8(11-7)9(13)14/h4H,3H2,1-2H3,(H,13,14). The average Bonchev–Trinajstić information content (AvgIpc) is 2.16. The summed E-state index contributed by atoms with van der Waals surface area (Å²) < 4.78 is 0. The largest absolute Gasteiger partial charge is 0.476 e. The Morgan fingerprint density at radius 2 is 2.14 bits per heavy atom. The Hall–Kier alpha value is -1.78. The number of carbonyl (C=O) groups excluding carboxylic acids is 1. The van der Waals surface area contributed by atoms with Crippen LogP contribution in [0.25, 0.3) is 0 Å². The SMILES string of the molecule is CCc1ncc(C(C)=O)c(C(=O)O)n1. The maximum absolute atomic E-state index is 11.0. The highest BCUT2D eigenvalue weighted by atomic mass is 16.4. The van der Waals surface area contributed by atoms with Gasteiger partial charge in [0.1, 0.15) is 5.82 Å².